The molecule has 4 rings (SSSR count). The Morgan fingerprint density at radius 1 is 1.25 bits per heavy atom. The van der Waals surface area contributed by atoms with Gasteiger partial charge in [-0.1, -0.05) is 30.4 Å². The number of amides is 1. The fourth-order valence-electron chi connectivity index (χ4n) is 3.80. The van der Waals surface area contributed by atoms with Crippen molar-refractivity contribution in [2.24, 2.45) is 0 Å². The number of carbonyl (C=O) groups is 1. The zero-order chi connectivity index (χ0) is 22.8. The summed E-state index contributed by atoms with van der Waals surface area (Å²) in [5.41, 5.74) is 0.801. The van der Waals surface area contributed by atoms with Crippen molar-refractivity contribution in [2.75, 3.05) is 32.8 Å². The second kappa shape index (κ2) is 9.09. The van der Waals surface area contributed by atoms with Gasteiger partial charge >= 0.3 is 6.09 Å². The number of nitro benzene ring substituents is 1. The van der Waals surface area contributed by atoms with Gasteiger partial charge in [0, 0.05) is 44.7 Å². The average molecular weight is 461 g/mol. The van der Waals surface area contributed by atoms with Crippen LogP contribution in [0.25, 0.3) is 4.96 Å². The minimum Gasteiger partial charge on any atom is -0.492 e. The van der Waals surface area contributed by atoms with E-state index in [1.165, 1.54) is 28.0 Å². The number of aromatic hydroxyl groups is 1. The smallest absolute Gasteiger partial charge is 0.409 e. The van der Waals surface area contributed by atoms with Gasteiger partial charge in [-0.2, -0.15) is 4.52 Å². The van der Waals surface area contributed by atoms with Gasteiger partial charge in [0.05, 0.1) is 22.4 Å². The van der Waals surface area contributed by atoms with Crippen molar-refractivity contribution in [1.82, 2.24) is 24.4 Å². The van der Waals surface area contributed by atoms with Gasteiger partial charge < -0.3 is 14.7 Å². The monoisotopic (exact) mass is 460 g/mol. The van der Waals surface area contributed by atoms with E-state index in [4.69, 9.17) is 4.74 Å². The van der Waals surface area contributed by atoms with E-state index in [0.717, 1.165) is 5.56 Å². The molecule has 2 aromatic heterocycles. The third kappa shape index (κ3) is 4.10. The van der Waals surface area contributed by atoms with Crippen molar-refractivity contribution in [3.05, 3.63) is 50.6 Å². The van der Waals surface area contributed by atoms with Gasteiger partial charge in [-0.3, -0.25) is 15.0 Å². The van der Waals surface area contributed by atoms with Crippen LogP contribution in [-0.2, 0) is 11.2 Å². The molecule has 0 aliphatic carbocycles. The maximum absolute atomic E-state index is 12.1. The quantitative estimate of drug-likeness (QED) is 0.440. The number of piperazine rings is 1. The van der Waals surface area contributed by atoms with E-state index in [2.05, 4.69) is 15.0 Å². The van der Waals surface area contributed by atoms with Crippen LogP contribution in [-0.4, -0.2) is 73.3 Å². The molecule has 1 fully saturated rings. The van der Waals surface area contributed by atoms with Crippen LogP contribution in [0.15, 0.2) is 24.3 Å². The number of benzene rings is 1. The zero-order valence-corrected chi connectivity index (χ0v) is 18.6. The van der Waals surface area contributed by atoms with E-state index in [1.807, 2.05) is 6.92 Å². The van der Waals surface area contributed by atoms with Crippen LogP contribution in [0.2, 0.25) is 0 Å². The summed E-state index contributed by atoms with van der Waals surface area (Å²) in [7, 11) is 0. The minimum atomic E-state index is -0.441. The number of non-ortho nitro benzene ring substituents is 1. The summed E-state index contributed by atoms with van der Waals surface area (Å²) in [5, 5.41) is 26.4. The van der Waals surface area contributed by atoms with Gasteiger partial charge in [0.15, 0.2) is 5.82 Å². The molecule has 1 aliphatic heterocycles. The van der Waals surface area contributed by atoms with Gasteiger partial charge in [-0.25, -0.2) is 9.78 Å². The first-order valence-electron chi connectivity index (χ1n) is 10.4. The third-order valence-electron chi connectivity index (χ3n) is 5.43. The molecule has 0 spiro atoms. The van der Waals surface area contributed by atoms with Crippen molar-refractivity contribution < 1.29 is 19.6 Å². The number of hydrogen-bond donors (Lipinski definition) is 1. The summed E-state index contributed by atoms with van der Waals surface area (Å²) in [6, 6.07) is 5.96. The largest absolute Gasteiger partial charge is 0.492 e. The number of carbonyl (C=O) groups excluding carboxylic acids is 1. The van der Waals surface area contributed by atoms with E-state index >= 15 is 0 Å². The van der Waals surface area contributed by atoms with Gasteiger partial charge in [0.1, 0.15) is 0 Å². The second-order valence-electron chi connectivity index (χ2n) is 7.34. The Balaban J connectivity index is 1.68. The van der Waals surface area contributed by atoms with Gasteiger partial charge in [0.2, 0.25) is 10.8 Å². The van der Waals surface area contributed by atoms with E-state index in [9.17, 15) is 20.0 Å². The molecule has 0 radical (unpaired) electrons. The highest BCUT2D eigenvalue weighted by molar-refractivity contribution is 7.17. The molecule has 12 heteroatoms. The molecule has 0 bridgehead atoms. The van der Waals surface area contributed by atoms with Crippen LogP contribution in [0.3, 0.4) is 0 Å². The molecule has 170 valence electrons. The summed E-state index contributed by atoms with van der Waals surface area (Å²) in [4.78, 5) is 32.2. The SMILES string of the molecule is CCOC(=O)N1CCN(C(c2ccc([N+](=O)[O-])cc2)c2sc3nc(CC)nn3c2O)CC1. The maximum atomic E-state index is 12.1. The van der Waals surface area contributed by atoms with Gasteiger partial charge in [-0.15, -0.1) is 5.10 Å². The molecule has 11 nitrogen and oxygen atoms in total. The first-order valence-corrected chi connectivity index (χ1v) is 11.2. The predicted octanol–water partition coefficient (Wildman–Crippen LogP) is 2.83. The standard InChI is InChI=1S/C20H24N6O5S/c1-3-15-21-19-25(22-15)18(27)17(32-19)16(13-5-7-14(8-6-13)26(29)30)23-9-11-24(12-10-23)20(28)31-4-2/h5-8,16,27H,3-4,9-12H2,1-2H3. The summed E-state index contributed by atoms with van der Waals surface area (Å²) in [6.07, 6.45) is 0.317. The number of fused-ring (bicyclic) bond motifs is 1. The number of hydrogen-bond acceptors (Lipinski definition) is 9. The number of ether oxygens (including phenoxy) is 1. The summed E-state index contributed by atoms with van der Waals surface area (Å²) < 4.78 is 6.54. The maximum Gasteiger partial charge on any atom is 0.409 e. The third-order valence-corrected chi connectivity index (χ3v) is 6.51. The topological polar surface area (TPSA) is 126 Å². The van der Waals surface area contributed by atoms with E-state index in [0.29, 0.717) is 54.9 Å². The molecule has 1 unspecified atom stereocenters. The Morgan fingerprint density at radius 3 is 2.50 bits per heavy atom. The molecule has 0 saturated carbocycles. The number of nitro groups is 1. The molecule has 1 aliphatic rings. The normalized spacial score (nSPS) is 15.8. The first kappa shape index (κ1) is 22.0. The molecule has 1 amide bonds. The minimum absolute atomic E-state index is 0.000844. The number of aryl methyl sites for hydroxylation is 1. The van der Waals surface area contributed by atoms with Crippen LogP contribution in [0.5, 0.6) is 5.88 Å². The lowest BCUT2D eigenvalue weighted by Gasteiger charge is -2.38. The Labute approximate surface area is 188 Å². The number of rotatable bonds is 6. The highest BCUT2D eigenvalue weighted by atomic mass is 32.1. The molecule has 1 saturated heterocycles. The fraction of sp³-hybridized carbons (Fsp3) is 0.450. The molecule has 1 N–H and O–H groups in total. The summed E-state index contributed by atoms with van der Waals surface area (Å²) in [6.45, 7) is 6.09. The lowest BCUT2D eigenvalue weighted by atomic mass is 10.0. The van der Waals surface area contributed by atoms with Crippen molar-refractivity contribution in [3.63, 3.8) is 0 Å². The summed E-state index contributed by atoms with van der Waals surface area (Å²) >= 11 is 1.34. The lowest BCUT2D eigenvalue weighted by Crippen LogP contribution is -2.49. The average Bonchev–Trinajstić information content (AvgIpc) is 3.34. The second-order valence-corrected chi connectivity index (χ2v) is 8.35. The van der Waals surface area contributed by atoms with Crippen molar-refractivity contribution in [2.45, 2.75) is 26.3 Å². The van der Waals surface area contributed by atoms with Crippen LogP contribution in [0.4, 0.5) is 10.5 Å². The highest BCUT2D eigenvalue weighted by Gasteiger charge is 2.33. The van der Waals surface area contributed by atoms with Gasteiger partial charge in [0.25, 0.3) is 5.69 Å². The first-order chi connectivity index (χ1) is 15.4. The molecular formula is C20H24N6O5S. The number of thiazole rings is 1. The Morgan fingerprint density at radius 2 is 1.94 bits per heavy atom. The van der Waals surface area contributed by atoms with E-state index in [-0.39, 0.29) is 23.7 Å². The highest BCUT2D eigenvalue weighted by Crippen LogP contribution is 2.40. The van der Waals surface area contributed by atoms with E-state index in [1.54, 1.807) is 24.0 Å². The van der Waals surface area contributed by atoms with Crippen LogP contribution in [0.1, 0.15) is 36.2 Å². The van der Waals surface area contributed by atoms with Crippen molar-refractivity contribution in [3.8, 4) is 5.88 Å². The van der Waals surface area contributed by atoms with E-state index < -0.39 is 4.92 Å². The molecule has 3 heterocycles. The van der Waals surface area contributed by atoms with Crippen LogP contribution >= 0.6 is 11.3 Å². The molecule has 1 aromatic carbocycles. The van der Waals surface area contributed by atoms with Crippen LogP contribution < -0.4 is 0 Å². The lowest BCUT2D eigenvalue weighted by molar-refractivity contribution is -0.384. The van der Waals surface area contributed by atoms with Crippen molar-refractivity contribution in [1.29, 1.82) is 0 Å². The fourth-order valence-corrected chi connectivity index (χ4v) is 4.94. The number of aromatic nitrogens is 3. The van der Waals surface area contributed by atoms with Gasteiger partial charge in [-0.05, 0) is 12.5 Å². The molecule has 3 aromatic rings. The Bertz CT molecular complexity index is 1120. The van der Waals surface area contributed by atoms with Crippen LogP contribution in [0, 0.1) is 10.1 Å². The predicted molar refractivity (Wildman–Crippen MR) is 117 cm³/mol. The number of nitrogens with zero attached hydrogens (tertiary/aromatic N) is 6. The molecule has 32 heavy (non-hydrogen) atoms. The van der Waals surface area contributed by atoms with Crippen molar-refractivity contribution >= 4 is 28.1 Å². The zero-order valence-electron chi connectivity index (χ0n) is 17.8. The Kier molecular flexibility index (Phi) is 6.24. The summed E-state index contributed by atoms with van der Waals surface area (Å²) in [5.74, 6) is 0.654. The molecule has 1 atom stereocenters. The Hall–Kier alpha value is -3.25. The molecular weight excluding hydrogens is 436 g/mol.